The molecule has 0 bridgehead atoms. The average molecular weight is 349 g/mol. The fourth-order valence-electron chi connectivity index (χ4n) is 2.06. The summed E-state index contributed by atoms with van der Waals surface area (Å²) in [6, 6.07) is 15.1. The first-order chi connectivity index (χ1) is 9.96. The molecule has 4 heteroatoms. The summed E-state index contributed by atoms with van der Waals surface area (Å²) in [5.41, 5.74) is 0.935. The fourth-order valence-corrected chi connectivity index (χ4v) is 2.57. The number of ether oxygens (including phenoxy) is 1. The fraction of sp³-hybridized carbons (Fsp3) is 0.235. The Balaban J connectivity index is 2.31. The Morgan fingerprint density at radius 1 is 1.19 bits per heavy atom. The van der Waals surface area contributed by atoms with E-state index in [2.05, 4.69) is 15.9 Å². The van der Waals surface area contributed by atoms with Crippen LogP contribution in [0.5, 0.6) is 0 Å². The van der Waals surface area contributed by atoms with Crippen molar-refractivity contribution in [2.45, 2.75) is 19.4 Å². The van der Waals surface area contributed by atoms with Crippen molar-refractivity contribution < 1.29 is 14.6 Å². The molecule has 3 nitrogen and oxygen atoms in total. The first-order valence-electron chi connectivity index (χ1n) is 6.72. The van der Waals surface area contributed by atoms with Crippen molar-refractivity contribution in [3.05, 3.63) is 58.6 Å². The second kappa shape index (κ2) is 6.41. The standard InChI is InChI=1S/C17H17BrO3/c1-3-21-16(19)17(2,20)13-10-8-12(9-11-13)14-6-4-5-7-15(14)18/h4-11,20H,3H2,1-2H3. The van der Waals surface area contributed by atoms with Gasteiger partial charge in [0.1, 0.15) is 0 Å². The zero-order valence-electron chi connectivity index (χ0n) is 12.0. The van der Waals surface area contributed by atoms with Gasteiger partial charge in [-0.05, 0) is 36.6 Å². The third kappa shape index (κ3) is 3.34. The number of aliphatic hydroxyl groups is 1. The Bertz CT molecular complexity index is 633. The van der Waals surface area contributed by atoms with Crippen LogP contribution < -0.4 is 0 Å². The molecule has 0 aromatic heterocycles. The van der Waals surface area contributed by atoms with Gasteiger partial charge in [0.15, 0.2) is 5.60 Å². The highest BCUT2D eigenvalue weighted by Gasteiger charge is 2.33. The predicted molar refractivity (Wildman–Crippen MR) is 85.8 cm³/mol. The molecular weight excluding hydrogens is 332 g/mol. The SMILES string of the molecule is CCOC(=O)C(C)(O)c1ccc(-c2ccccc2Br)cc1. The zero-order chi connectivity index (χ0) is 15.5. The maximum Gasteiger partial charge on any atom is 0.342 e. The lowest BCUT2D eigenvalue weighted by atomic mass is 9.94. The van der Waals surface area contributed by atoms with Gasteiger partial charge in [0, 0.05) is 4.47 Å². The van der Waals surface area contributed by atoms with Gasteiger partial charge in [0.25, 0.3) is 0 Å². The number of hydrogen-bond acceptors (Lipinski definition) is 3. The zero-order valence-corrected chi connectivity index (χ0v) is 13.6. The average Bonchev–Trinajstić information content (AvgIpc) is 2.48. The van der Waals surface area contributed by atoms with Gasteiger partial charge in [-0.25, -0.2) is 4.79 Å². The lowest BCUT2D eigenvalue weighted by Gasteiger charge is -2.21. The molecule has 0 radical (unpaired) electrons. The molecule has 0 aliphatic heterocycles. The Morgan fingerprint density at radius 2 is 1.81 bits per heavy atom. The van der Waals surface area contributed by atoms with Crippen molar-refractivity contribution in [3.8, 4) is 11.1 Å². The van der Waals surface area contributed by atoms with Crippen LogP contribution in [0, 0.1) is 0 Å². The molecule has 21 heavy (non-hydrogen) atoms. The monoisotopic (exact) mass is 348 g/mol. The lowest BCUT2D eigenvalue weighted by Crippen LogP contribution is -2.34. The van der Waals surface area contributed by atoms with E-state index in [1.807, 2.05) is 36.4 Å². The molecule has 1 N–H and O–H groups in total. The van der Waals surface area contributed by atoms with Crippen molar-refractivity contribution in [2.24, 2.45) is 0 Å². The van der Waals surface area contributed by atoms with Gasteiger partial charge < -0.3 is 9.84 Å². The second-order valence-electron chi connectivity index (χ2n) is 4.85. The Morgan fingerprint density at radius 3 is 2.38 bits per heavy atom. The van der Waals surface area contributed by atoms with Gasteiger partial charge in [-0.2, -0.15) is 0 Å². The van der Waals surface area contributed by atoms with E-state index in [0.717, 1.165) is 15.6 Å². The van der Waals surface area contributed by atoms with Crippen molar-refractivity contribution >= 4 is 21.9 Å². The first-order valence-corrected chi connectivity index (χ1v) is 7.51. The van der Waals surface area contributed by atoms with Gasteiger partial charge in [0.2, 0.25) is 0 Å². The van der Waals surface area contributed by atoms with Crippen LogP contribution in [0.4, 0.5) is 0 Å². The molecule has 0 fully saturated rings. The van der Waals surface area contributed by atoms with Gasteiger partial charge in [-0.3, -0.25) is 0 Å². The van der Waals surface area contributed by atoms with Crippen LogP contribution in [0.15, 0.2) is 53.0 Å². The molecule has 0 spiro atoms. The molecule has 0 saturated carbocycles. The molecule has 0 aliphatic rings. The molecule has 1 atom stereocenters. The summed E-state index contributed by atoms with van der Waals surface area (Å²) in [6.07, 6.45) is 0. The van der Waals surface area contributed by atoms with E-state index in [1.165, 1.54) is 6.92 Å². The minimum atomic E-state index is -1.64. The molecule has 0 aliphatic carbocycles. The minimum absolute atomic E-state index is 0.240. The normalized spacial score (nSPS) is 13.5. The van der Waals surface area contributed by atoms with Crippen LogP contribution in [0.25, 0.3) is 11.1 Å². The molecule has 1 unspecified atom stereocenters. The van der Waals surface area contributed by atoms with Crippen molar-refractivity contribution in [1.82, 2.24) is 0 Å². The summed E-state index contributed by atoms with van der Waals surface area (Å²) in [7, 11) is 0. The number of halogens is 1. The maximum atomic E-state index is 11.8. The molecule has 0 amide bonds. The van der Waals surface area contributed by atoms with E-state index < -0.39 is 11.6 Å². The number of hydrogen-bond donors (Lipinski definition) is 1. The van der Waals surface area contributed by atoms with Gasteiger partial charge in [0.05, 0.1) is 6.61 Å². The molecule has 0 saturated heterocycles. The van der Waals surface area contributed by atoms with Crippen LogP contribution in [0.2, 0.25) is 0 Å². The van der Waals surface area contributed by atoms with E-state index in [4.69, 9.17) is 4.74 Å². The predicted octanol–water partition coefficient (Wildman–Crippen LogP) is 3.89. The number of esters is 1. The topological polar surface area (TPSA) is 46.5 Å². The number of carbonyl (C=O) groups excluding carboxylic acids is 1. The molecule has 2 rings (SSSR count). The summed E-state index contributed by atoms with van der Waals surface area (Å²) in [5, 5.41) is 10.3. The summed E-state index contributed by atoms with van der Waals surface area (Å²) in [6.45, 7) is 3.40. The summed E-state index contributed by atoms with van der Waals surface area (Å²) in [5.74, 6) is -0.640. The van der Waals surface area contributed by atoms with Crippen LogP contribution in [-0.2, 0) is 15.1 Å². The molecule has 110 valence electrons. The van der Waals surface area contributed by atoms with E-state index in [0.29, 0.717) is 5.56 Å². The molecule has 0 heterocycles. The number of rotatable bonds is 4. The van der Waals surface area contributed by atoms with Crippen LogP contribution in [-0.4, -0.2) is 17.7 Å². The molecule has 2 aromatic carbocycles. The summed E-state index contributed by atoms with van der Waals surface area (Å²) < 4.78 is 5.89. The van der Waals surface area contributed by atoms with Gasteiger partial charge in [-0.15, -0.1) is 0 Å². The second-order valence-corrected chi connectivity index (χ2v) is 5.70. The Labute approximate surface area is 132 Å². The van der Waals surface area contributed by atoms with E-state index >= 15 is 0 Å². The molecular formula is C17H17BrO3. The van der Waals surface area contributed by atoms with Gasteiger partial charge in [-0.1, -0.05) is 58.4 Å². The third-order valence-corrected chi connectivity index (χ3v) is 4.00. The smallest absolute Gasteiger partial charge is 0.342 e. The maximum absolute atomic E-state index is 11.8. The highest BCUT2D eigenvalue weighted by atomic mass is 79.9. The summed E-state index contributed by atoms with van der Waals surface area (Å²) >= 11 is 3.51. The largest absolute Gasteiger partial charge is 0.464 e. The highest BCUT2D eigenvalue weighted by molar-refractivity contribution is 9.10. The van der Waals surface area contributed by atoms with Crippen LogP contribution in [0.3, 0.4) is 0 Å². The molecule has 2 aromatic rings. The van der Waals surface area contributed by atoms with Crippen molar-refractivity contribution in [3.63, 3.8) is 0 Å². The summed E-state index contributed by atoms with van der Waals surface area (Å²) in [4.78, 5) is 11.8. The number of carbonyl (C=O) groups is 1. The number of benzene rings is 2. The first kappa shape index (κ1) is 15.7. The van der Waals surface area contributed by atoms with Crippen LogP contribution >= 0.6 is 15.9 Å². The van der Waals surface area contributed by atoms with Crippen molar-refractivity contribution in [2.75, 3.05) is 6.61 Å². The lowest BCUT2D eigenvalue weighted by molar-refractivity contribution is -0.164. The Hall–Kier alpha value is -1.65. The highest BCUT2D eigenvalue weighted by Crippen LogP contribution is 2.30. The van der Waals surface area contributed by atoms with E-state index in [9.17, 15) is 9.90 Å². The third-order valence-electron chi connectivity index (χ3n) is 3.30. The van der Waals surface area contributed by atoms with E-state index in [1.54, 1.807) is 19.1 Å². The Kier molecular flexibility index (Phi) is 4.80. The quantitative estimate of drug-likeness (QED) is 0.852. The van der Waals surface area contributed by atoms with E-state index in [-0.39, 0.29) is 6.61 Å². The van der Waals surface area contributed by atoms with Crippen molar-refractivity contribution in [1.29, 1.82) is 0 Å². The minimum Gasteiger partial charge on any atom is -0.464 e. The van der Waals surface area contributed by atoms with Gasteiger partial charge >= 0.3 is 5.97 Å². The van der Waals surface area contributed by atoms with Crippen LogP contribution in [0.1, 0.15) is 19.4 Å².